The number of benzene rings is 2. The van der Waals surface area contributed by atoms with Gasteiger partial charge in [0.2, 0.25) is 5.91 Å². The minimum absolute atomic E-state index is 0.00462. The van der Waals surface area contributed by atoms with Gasteiger partial charge in [0.25, 0.3) is 0 Å². The number of hydrogen-bond donors (Lipinski definition) is 0. The van der Waals surface area contributed by atoms with Gasteiger partial charge in [0.15, 0.2) is 0 Å². The number of nitriles is 1. The van der Waals surface area contributed by atoms with Gasteiger partial charge < -0.3 is 9.64 Å². The van der Waals surface area contributed by atoms with E-state index in [9.17, 15) is 10.1 Å². The highest BCUT2D eigenvalue weighted by molar-refractivity contribution is 8.03. The Kier molecular flexibility index (Phi) is 5.70. The third kappa shape index (κ3) is 3.68. The molecule has 1 atom stereocenters. The van der Waals surface area contributed by atoms with E-state index in [1.807, 2.05) is 49.4 Å². The Balaban J connectivity index is 1.68. The van der Waals surface area contributed by atoms with Gasteiger partial charge in [-0.25, -0.2) is 0 Å². The zero-order chi connectivity index (χ0) is 20.4. The van der Waals surface area contributed by atoms with Crippen LogP contribution in [0, 0.1) is 11.3 Å². The highest BCUT2D eigenvalue weighted by Crippen LogP contribution is 2.45. The summed E-state index contributed by atoms with van der Waals surface area (Å²) in [7, 11) is 0. The normalized spacial score (nSPS) is 19.1. The van der Waals surface area contributed by atoms with Crippen molar-refractivity contribution >= 4 is 35.0 Å². The molecule has 0 N–H and O–H groups in total. The first-order valence-electron chi connectivity index (χ1n) is 9.42. The fraction of sp³-hybridized carbons (Fsp3) is 0.273. The molecule has 4 rings (SSSR count). The minimum Gasteiger partial charge on any atom is -0.492 e. The molecule has 1 saturated heterocycles. The van der Waals surface area contributed by atoms with Gasteiger partial charge in [0.05, 0.1) is 41.5 Å². The number of halogens is 1. The molecule has 0 aromatic heterocycles. The van der Waals surface area contributed by atoms with Crippen molar-refractivity contribution in [2.24, 2.45) is 0 Å². The molecule has 2 heterocycles. The second-order valence-electron chi connectivity index (χ2n) is 6.79. The van der Waals surface area contributed by atoms with Crippen LogP contribution in [-0.2, 0) is 4.79 Å². The summed E-state index contributed by atoms with van der Waals surface area (Å²) in [5, 5.41) is 11.2. The lowest BCUT2D eigenvalue weighted by Gasteiger charge is -2.42. The predicted molar refractivity (Wildman–Crippen MR) is 116 cm³/mol. The maximum Gasteiger partial charge on any atom is 0.229 e. The fourth-order valence-corrected chi connectivity index (χ4v) is 5.16. The van der Waals surface area contributed by atoms with Gasteiger partial charge in [0.1, 0.15) is 5.75 Å². The quantitative estimate of drug-likeness (QED) is 0.693. The third-order valence-electron chi connectivity index (χ3n) is 5.08. The summed E-state index contributed by atoms with van der Waals surface area (Å²) in [6.07, 6.45) is 0.234. The van der Waals surface area contributed by atoms with Crippen LogP contribution in [0.3, 0.4) is 0 Å². The Hall–Kier alpha value is -2.62. The smallest absolute Gasteiger partial charge is 0.229 e. The van der Waals surface area contributed by atoms with Crippen molar-refractivity contribution in [1.29, 1.82) is 5.26 Å². The lowest BCUT2D eigenvalue weighted by Crippen LogP contribution is -2.47. The van der Waals surface area contributed by atoms with E-state index in [1.54, 1.807) is 11.0 Å². The first kappa shape index (κ1) is 19.7. The molecule has 1 amide bonds. The van der Waals surface area contributed by atoms with Crippen molar-refractivity contribution in [2.45, 2.75) is 19.3 Å². The van der Waals surface area contributed by atoms with Crippen LogP contribution in [0.5, 0.6) is 5.75 Å². The van der Waals surface area contributed by atoms with Gasteiger partial charge in [-0.3, -0.25) is 9.69 Å². The number of carbonyl (C=O) groups excluding carboxylic acids is 1. The highest BCUT2D eigenvalue weighted by Gasteiger charge is 2.39. The summed E-state index contributed by atoms with van der Waals surface area (Å²) in [6, 6.07) is 17.6. The molecule has 2 aliphatic heterocycles. The van der Waals surface area contributed by atoms with Crippen molar-refractivity contribution in [2.75, 3.05) is 24.1 Å². The summed E-state index contributed by atoms with van der Waals surface area (Å²) in [5.74, 6) is 1.11. The van der Waals surface area contributed by atoms with Gasteiger partial charge in [0, 0.05) is 17.4 Å². The average molecular weight is 426 g/mol. The van der Waals surface area contributed by atoms with Gasteiger partial charge in [-0.05, 0) is 30.7 Å². The standard InChI is InChI=1S/C22H20ClN3O2S/c1-2-28-20-10-6-5-9-19(20)25-13-26-21(27)11-16(15-7-3-4-8-18(15)23)17(12-24)22(26)29-14-25/h3-10,16H,2,11,13-14H2,1H3. The minimum atomic E-state index is -0.304. The van der Waals surface area contributed by atoms with Crippen LogP contribution >= 0.6 is 23.4 Å². The Morgan fingerprint density at radius 2 is 2.00 bits per heavy atom. The van der Waals surface area contributed by atoms with Crippen LogP contribution in [0.4, 0.5) is 5.69 Å². The van der Waals surface area contributed by atoms with Gasteiger partial charge in [-0.1, -0.05) is 53.7 Å². The van der Waals surface area contributed by atoms with Crippen LogP contribution in [0.25, 0.3) is 0 Å². The van der Waals surface area contributed by atoms with E-state index in [0.717, 1.165) is 22.0 Å². The Labute approximate surface area is 179 Å². The van der Waals surface area contributed by atoms with Gasteiger partial charge in [-0.15, -0.1) is 0 Å². The topological polar surface area (TPSA) is 56.6 Å². The van der Waals surface area contributed by atoms with Gasteiger partial charge >= 0.3 is 0 Å². The Bertz CT molecular complexity index is 1020. The summed E-state index contributed by atoms with van der Waals surface area (Å²) < 4.78 is 5.75. The first-order valence-corrected chi connectivity index (χ1v) is 10.8. The number of ether oxygens (including phenoxy) is 1. The molecule has 1 fully saturated rings. The molecule has 0 spiro atoms. The van der Waals surface area contributed by atoms with Gasteiger partial charge in [-0.2, -0.15) is 5.26 Å². The monoisotopic (exact) mass is 425 g/mol. The third-order valence-corrected chi connectivity index (χ3v) is 6.58. The second-order valence-corrected chi connectivity index (χ2v) is 8.13. The van der Waals surface area contributed by atoms with E-state index in [-0.39, 0.29) is 18.2 Å². The molecule has 1 unspecified atom stereocenters. The summed E-state index contributed by atoms with van der Waals surface area (Å²) >= 11 is 7.87. The number of para-hydroxylation sites is 2. The van der Waals surface area contributed by atoms with Crippen LogP contribution in [0.15, 0.2) is 59.1 Å². The summed E-state index contributed by atoms with van der Waals surface area (Å²) in [5.41, 5.74) is 2.39. The summed E-state index contributed by atoms with van der Waals surface area (Å²) in [4.78, 5) is 16.9. The number of anilines is 1. The Morgan fingerprint density at radius 3 is 2.76 bits per heavy atom. The van der Waals surface area contributed by atoms with Crippen LogP contribution in [0.1, 0.15) is 24.8 Å². The molecule has 0 aliphatic carbocycles. The predicted octanol–water partition coefficient (Wildman–Crippen LogP) is 4.96. The molecular weight excluding hydrogens is 406 g/mol. The lowest BCUT2D eigenvalue weighted by atomic mass is 9.86. The molecule has 0 radical (unpaired) electrons. The summed E-state index contributed by atoms with van der Waals surface area (Å²) in [6.45, 7) is 2.92. The molecule has 0 saturated carbocycles. The molecule has 2 aliphatic rings. The molecule has 7 heteroatoms. The average Bonchev–Trinajstić information content (AvgIpc) is 2.74. The highest BCUT2D eigenvalue weighted by atomic mass is 35.5. The zero-order valence-corrected chi connectivity index (χ0v) is 17.5. The van der Waals surface area contributed by atoms with E-state index in [1.165, 1.54) is 11.8 Å². The number of thioether (sulfide) groups is 1. The largest absolute Gasteiger partial charge is 0.492 e. The van der Waals surface area contributed by atoms with E-state index >= 15 is 0 Å². The van der Waals surface area contributed by atoms with E-state index < -0.39 is 0 Å². The fourth-order valence-electron chi connectivity index (χ4n) is 3.73. The van der Waals surface area contributed by atoms with Crippen molar-refractivity contribution in [3.8, 4) is 11.8 Å². The molecule has 2 aromatic rings. The van der Waals surface area contributed by atoms with E-state index in [0.29, 0.717) is 29.7 Å². The number of nitrogens with zero attached hydrogens (tertiary/aromatic N) is 3. The van der Waals surface area contributed by atoms with Crippen LogP contribution in [0.2, 0.25) is 5.02 Å². The van der Waals surface area contributed by atoms with E-state index in [4.69, 9.17) is 16.3 Å². The number of carbonyl (C=O) groups is 1. The number of hydrogen-bond acceptors (Lipinski definition) is 5. The van der Waals surface area contributed by atoms with Crippen molar-refractivity contribution < 1.29 is 9.53 Å². The number of allylic oxidation sites excluding steroid dienone is 1. The molecule has 148 valence electrons. The van der Waals surface area contributed by atoms with Crippen molar-refractivity contribution in [3.05, 3.63) is 69.7 Å². The molecular formula is C22H20ClN3O2S. The first-order chi connectivity index (χ1) is 14.1. The number of amides is 1. The van der Waals surface area contributed by atoms with Crippen molar-refractivity contribution in [1.82, 2.24) is 4.90 Å². The van der Waals surface area contributed by atoms with Crippen LogP contribution < -0.4 is 9.64 Å². The van der Waals surface area contributed by atoms with Crippen molar-refractivity contribution in [3.63, 3.8) is 0 Å². The maximum absolute atomic E-state index is 13.0. The maximum atomic E-state index is 13.0. The lowest BCUT2D eigenvalue weighted by molar-refractivity contribution is -0.129. The second kappa shape index (κ2) is 8.40. The van der Waals surface area contributed by atoms with Crippen LogP contribution in [-0.4, -0.2) is 30.0 Å². The zero-order valence-electron chi connectivity index (χ0n) is 16.0. The SMILES string of the molecule is CCOc1ccccc1N1CSC2=C(C#N)C(c3ccccc3Cl)CC(=O)N2C1. The Morgan fingerprint density at radius 1 is 1.24 bits per heavy atom. The molecule has 29 heavy (non-hydrogen) atoms. The molecule has 5 nitrogen and oxygen atoms in total. The molecule has 2 aromatic carbocycles. The van der Waals surface area contributed by atoms with E-state index in [2.05, 4.69) is 11.0 Å². The number of rotatable bonds is 4. The number of fused-ring (bicyclic) bond motifs is 1. The molecule has 0 bridgehead atoms.